The average Bonchev–Trinajstić information content (AvgIpc) is 3.36. The summed E-state index contributed by atoms with van der Waals surface area (Å²) < 4.78 is 47.2. The van der Waals surface area contributed by atoms with Crippen molar-refractivity contribution in [1.29, 1.82) is 0 Å². The maximum absolute atomic E-state index is 13.0. The Bertz CT molecular complexity index is 1430. The minimum atomic E-state index is -0.319. The molecule has 4 unspecified atom stereocenters. The number of halogens is 2. The number of rotatable bonds is 15. The smallest absolute Gasteiger partial charge is 0.306 e. The molecule has 4 saturated heterocycles. The molecule has 4 heterocycles. The lowest BCUT2D eigenvalue weighted by molar-refractivity contribution is -0.961. The van der Waals surface area contributed by atoms with Crippen LogP contribution in [0.1, 0.15) is 75.3 Å². The molecule has 302 valence electrons. The topological polar surface area (TPSA) is 108 Å². The second kappa shape index (κ2) is 18.1. The molecular weight excluding hydrogens is 739 g/mol. The molecule has 0 amide bonds. The second-order valence-electron chi connectivity index (χ2n) is 15.5. The number of carbonyl (C=O) groups is 2. The van der Waals surface area contributed by atoms with E-state index < -0.39 is 0 Å². The highest BCUT2D eigenvalue weighted by Crippen LogP contribution is 2.47. The Morgan fingerprint density at radius 2 is 0.796 bits per heavy atom. The van der Waals surface area contributed by atoms with E-state index in [1.165, 1.54) is 0 Å². The van der Waals surface area contributed by atoms with E-state index in [0.717, 1.165) is 84.5 Å². The quantitative estimate of drug-likeness (QED) is 0.175. The van der Waals surface area contributed by atoms with Crippen LogP contribution in [0.2, 0.25) is 0 Å². The van der Waals surface area contributed by atoms with Gasteiger partial charge in [0.15, 0.2) is 23.0 Å². The molecule has 14 heteroatoms. The molecule has 0 aromatic heterocycles. The number of esters is 2. The summed E-state index contributed by atoms with van der Waals surface area (Å²) in [4.78, 5) is 26.0. The normalized spacial score (nSPS) is 29.2. The van der Waals surface area contributed by atoms with Gasteiger partial charge in [-0.25, -0.2) is 0 Å². The Hall–Kier alpha value is -3.32. The van der Waals surface area contributed by atoms with Crippen LogP contribution in [0.25, 0.3) is 0 Å². The highest BCUT2D eigenvalue weighted by molar-refractivity contribution is 5.77. The zero-order chi connectivity index (χ0) is 37.2. The summed E-state index contributed by atoms with van der Waals surface area (Å²) in [5.74, 6) is 3.15. The Labute approximate surface area is 332 Å². The average molecular weight is 798 g/mol. The van der Waals surface area contributed by atoms with Crippen molar-refractivity contribution >= 4 is 11.9 Å². The number of hydrogen-bond acceptors (Lipinski definition) is 10. The Balaban J connectivity index is 0.00000325. The van der Waals surface area contributed by atoms with E-state index in [1.807, 2.05) is 24.3 Å². The molecule has 4 aliphatic heterocycles. The van der Waals surface area contributed by atoms with Gasteiger partial charge in [-0.05, 0) is 24.3 Å². The molecule has 4 atom stereocenters. The standard InChI is InChI=1S/C40H58N2O10.2ClH/c1-41(23-25-15-33(45-3)39(49-7)34(16-25)46-4)27-9-10-28(41)20-31(19-27)51-37(43)13-14-38(44)52-32-21-29-11-12-30(22-32)42(29,2)24-26-17-35(47-5)40(50-8)36(18-26)48-6;;/h15-18,27-32H,9-14,19-24H2,1-8H3;2*1H/q+2;;/p-2. The molecule has 2 aromatic carbocycles. The van der Waals surface area contributed by atoms with Crippen LogP contribution >= 0.6 is 0 Å². The summed E-state index contributed by atoms with van der Waals surface area (Å²) >= 11 is 0. The minimum Gasteiger partial charge on any atom is -1.00 e. The second-order valence-corrected chi connectivity index (χ2v) is 15.5. The molecule has 0 aliphatic carbocycles. The highest BCUT2D eigenvalue weighted by atomic mass is 35.5. The molecule has 0 radical (unpaired) electrons. The monoisotopic (exact) mass is 796 g/mol. The van der Waals surface area contributed by atoms with Crippen molar-refractivity contribution in [1.82, 2.24) is 0 Å². The maximum atomic E-state index is 13.0. The number of benzene rings is 2. The number of nitrogens with zero attached hydrogens (tertiary/aromatic N) is 2. The van der Waals surface area contributed by atoms with Gasteiger partial charge in [-0.3, -0.25) is 9.59 Å². The Morgan fingerprint density at radius 1 is 0.519 bits per heavy atom. The van der Waals surface area contributed by atoms with Gasteiger partial charge in [0.2, 0.25) is 11.5 Å². The lowest BCUT2D eigenvalue weighted by Crippen LogP contribution is -3.00. The molecule has 54 heavy (non-hydrogen) atoms. The van der Waals surface area contributed by atoms with Crippen LogP contribution in [-0.2, 0) is 32.2 Å². The fourth-order valence-corrected chi connectivity index (χ4v) is 10.0. The summed E-state index contributed by atoms with van der Waals surface area (Å²) in [5, 5.41) is 0. The van der Waals surface area contributed by atoms with Crippen LogP contribution in [0.3, 0.4) is 0 Å². The Morgan fingerprint density at radius 3 is 1.04 bits per heavy atom. The van der Waals surface area contributed by atoms with Crippen molar-refractivity contribution in [2.24, 2.45) is 0 Å². The number of methoxy groups -OCH3 is 6. The van der Waals surface area contributed by atoms with Gasteiger partial charge in [-0.1, -0.05) is 0 Å². The van der Waals surface area contributed by atoms with E-state index in [0.29, 0.717) is 58.7 Å². The van der Waals surface area contributed by atoms with Gasteiger partial charge in [0.25, 0.3) is 0 Å². The molecule has 6 rings (SSSR count). The predicted octanol–water partition coefficient (Wildman–Crippen LogP) is -0.407. The zero-order valence-corrected chi connectivity index (χ0v) is 34.5. The first-order valence-corrected chi connectivity index (χ1v) is 18.6. The van der Waals surface area contributed by atoms with Crippen molar-refractivity contribution in [2.45, 2.75) is 114 Å². The van der Waals surface area contributed by atoms with Crippen LogP contribution < -0.4 is 53.2 Å². The summed E-state index contributed by atoms with van der Waals surface area (Å²) in [6.07, 6.45) is 7.42. The van der Waals surface area contributed by atoms with E-state index >= 15 is 0 Å². The highest BCUT2D eigenvalue weighted by Gasteiger charge is 2.54. The first-order valence-electron chi connectivity index (χ1n) is 18.6. The summed E-state index contributed by atoms with van der Waals surface area (Å²) in [6, 6.07) is 9.62. The number of hydrogen-bond donors (Lipinski definition) is 0. The SMILES string of the molecule is COc1cc(C[N+]2(C)C3CCC2CC(OC(=O)CCC(=O)OC2CC4CCC(C2)[N+]4(C)Cc2cc(OC)c(OC)c(OC)c2)C3)cc(OC)c1OC.[Cl-].[Cl-]. The number of ether oxygens (including phenoxy) is 8. The van der Waals surface area contributed by atoms with Gasteiger partial charge in [-0.15, -0.1) is 0 Å². The van der Waals surface area contributed by atoms with Crippen molar-refractivity contribution < 1.29 is 81.3 Å². The van der Waals surface area contributed by atoms with Crippen LogP contribution in [0.5, 0.6) is 34.5 Å². The maximum Gasteiger partial charge on any atom is 0.306 e. The summed E-state index contributed by atoms with van der Waals surface area (Å²) in [7, 11) is 14.4. The van der Waals surface area contributed by atoms with E-state index in [9.17, 15) is 9.59 Å². The molecule has 0 saturated carbocycles. The molecule has 4 fully saturated rings. The molecule has 0 spiro atoms. The minimum absolute atomic E-state index is 0. The summed E-state index contributed by atoms with van der Waals surface area (Å²) in [5.41, 5.74) is 2.24. The third-order valence-corrected chi connectivity index (χ3v) is 12.8. The van der Waals surface area contributed by atoms with Gasteiger partial charge in [-0.2, -0.15) is 0 Å². The third kappa shape index (κ3) is 8.56. The van der Waals surface area contributed by atoms with Gasteiger partial charge in [0, 0.05) is 62.5 Å². The lowest BCUT2D eigenvalue weighted by atomic mass is 9.95. The molecule has 12 nitrogen and oxygen atoms in total. The molecule has 0 N–H and O–H groups in total. The molecule has 4 bridgehead atoms. The number of carbonyl (C=O) groups excluding carboxylic acids is 2. The van der Waals surface area contributed by atoms with Crippen molar-refractivity contribution in [3.8, 4) is 34.5 Å². The predicted molar refractivity (Wildman–Crippen MR) is 193 cm³/mol. The Kier molecular flexibility index (Phi) is 14.5. The van der Waals surface area contributed by atoms with Gasteiger partial charge >= 0.3 is 11.9 Å². The van der Waals surface area contributed by atoms with Crippen LogP contribution in [0, 0.1) is 0 Å². The fourth-order valence-electron chi connectivity index (χ4n) is 10.0. The van der Waals surface area contributed by atoms with Crippen LogP contribution in [0.4, 0.5) is 0 Å². The molecule has 2 aromatic rings. The van der Waals surface area contributed by atoms with Crippen LogP contribution in [0.15, 0.2) is 24.3 Å². The lowest BCUT2D eigenvalue weighted by Gasteiger charge is -2.47. The van der Waals surface area contributed by atoms with Gasteiger partial charge < -0.3 is 71.7 Å². The number of fused-ring (bicyclic) bond motifs is 4. The van der Waals surface area contributed by atoms with E-state index in [2.05, 4.69) is 14.1 Å². The number of piperidine rings is 2. The van der Waals surface area contributed by atoms with Crippen molar-refractivity contribution in [3.05, 3.63) is 35.4 Å². The van der Waals surface area contributed by atoms with Crippen molar-refractivity contribution in [3.63, 3.8) is 0 Å². The number of quaternary nitrogens is 2. The third-order valence-electron chi connectivity index (χ3n) is 12.8. The van der Waals surface area contributed by atoms with Crippen LogP contribution in [-0.4, -0.2) is 114 Å². The molecule has 4 aliphatic rings. The zero-order valence-electron chi connectivity index (χ0n) is 33.0. The fraction of sp³-hybridized carbons (Fsp3) is 0.650. The van der Waals surface area contributed by atoms with Crippen molar-refractivity contribution in [2.75, 3.05) is 56.8 Å². The largest absolute Gasteiger partial charge is 1.00 e. The first kappa shape index (κ1) is 43.4. The van der Waals surface area contributed by atoms with E-state index in [1.54, 1.807) is 42.7 Å². The van der Waals surface area contributed by atoms with E-state index in [-0.39, 0.29) is 61.8 Å². The van der Waals surface area contributed by atoms with Gasteiger partial charge in [0.1, 0.15) is 25.3 Å². The van der Waals surface area contributed by atoms with Gasteiger partial charge in [0.05, 0.1) is 93.8 Å². The van der Waals surface area contributed by atoms with E-state index in [4.69, 9.17) is 37.9 Å². The molecular formula is C40H58Cl2N2O10. The first-order chi connectivity index (χ1) is 25.0. The summed E-state index contributed by atoms with van der Waals surface area (Å²) in [6.45, 7) is 1.65.